The van der Waals surface area contributed by atoms with Crippen LogP contribution in [0.4, 0.5) is 4.79 Å². The summed E-state index contributed by atoms with van der Waals surface area (Å²) < 4.78 is 0. The zero-order valence-electron chi connectivity index (χ0n) is 8.31. The SMILES string of the molecule is CCCNC(=O)N[C@H](C)CCC. The van der Waals surface area contributed by atoms with Gasteiger partial charge in [0.15, 0.2) is 0 Å². The third kappa shape index (κ3) is 6.01. The molecule has 0 aromatic heterocycles. The Morgan fingerprint density at radius 1 is 1.33 bits per heavy atom. The van der Waals surface area contributed by atoms with Crippen LogP contribution in [0.5, 0.6) is 0 Å². The van der Waals surface area contributed by atoms with Crippen LogP contribution in [0.3, 0.4) is 0 Å². The minimum Gasteiger partial charge on any atom is -0.338 e. The van der Waals surface area contributed by atoms with Gasteiger partial charge < -0.3 is 10.6 Å². The Labute approximate surface area is 74.9 Å². The van der Waals surface area contributed by atoms with E-state index in [0.717, 1.165) is 25.8 Å². The highest BCUT2D eigenvalue weighted by Crippen LogP contribution is 1.93. The Kier molecular flexibility index (Phi) is 6.53. The van der Waals surface area contributed by atoms with Crippen molar-refractivity contribution in [2.75, 3.05) is 6.54 Å². The largest absolute Gasteiger partial charge is 0.338 e. The standard InChI is InChI=1S/C9H20N2O/c1-4-6-8(3)11-9(12)10-7-5-2/h8H,4-7H2,1-3H3,(H2,10,11,12)/t8-/m1/s1. The van der Waals surface area contributed by atoms with Gasteiger partial charge >= 0.3 is 6.03 Å². The molecule has 0 radical (unpaired) electrons. The molecule has 0 aliphatic carbocycles. The van der Waals surface area contributed by atoms with Crippen LogP contribution >= 0.6 is 0 Å². The summed E-state index contributed by atoms with van der Waals surface area (Å²) in [5.74, 6) is 0. The molecule has 1 atom stereocenters. The molecule has 12 heavy (non-hydrogen) atoms. The molecule has 0 saturated carbocycles. The van der Waals surface area contributed by atoms with E-state index in [1.165, 1.54) is 0 Å². The lowest BCUT2D eigenvalue weighted by Crippen LogP contribution is -2.40. The average molecular weight is 172 g/mol. The van der Waals surface area contributed by atoms with Crippen molar-refractivity contribution in [3.8, 4) is 0 Å². The van der Waals surface area contributed by atoms with Crippen LogP contribution in [0.1, 0.15) is 40.0 Å². The van der Waals surface area contributed by atoms with Crippen molar-refractivity contribution in [3.05, 3.63) is 0 Å². The Hall–Kier alpha value is -0.730. The normalized spacial score (nSPS) is 12.2. The first-order valence-corrected chi connectivity index (χ1v) is 4.75. The lowest BCUT2D eigenvalue weighted by atomic mass is 10.2. The van der Waals surface area contributed by atoms with Gasteiger partial charge in [0.2, 0.25) is 0 Å². The van der Waals surface area contributed by atoms with E-state index in [4.69, 9.17) is 0 Å². The van der Waals surface area contributed by atoms with E-state index in [1.807, 2.05) is 13.8 Å². The third-order valence-corrected chi connectivity index (χ3v) is 1.63. The second kappa shape index (κ2) is 6.95. The topological polar surface area (TPSA) is 41.1 Å². The molecule has 2 N–H and O–H groups in total. The maximum Gasteiger partial charge on any atom is 0.314 e. The molecule has 0 aromatic rings. The summed E-state index contributed by atoms with van der Waals surface area (Å²) in [6.07, 6.45) is 3.13. The quantitative estimate of drug-likeness (QED) is 0.653. The number of nitrogens with one attached hydrogen (secondary N) is 2. The molecular weight excluding hydrogens is 152 g/mol. The predicted octanol–water partition coefficient (Wildman–Crippen LogP) is 1.88. The van der Waals surface area contributed by atoms with E-state index in [2.05, 4.69) is 17.6 Å². The van der Waals surface area contributed by atoms with Crippen molar-refractivity contribution < 1.29 is 4.79 Å². The molecule has 2 amide bonds. The molecule has 0 aliphatic heterocycles. The van der Waals surface area contributed by atoms with Gasteiger partial charge in [-0.2, -0.15) is 0 Å². The molecule has 0 rings (SSSR count). The van der Waals surface area contributed by atoms with Crippen molar-refractivity contribution >= 4 is 6.03 Å². The molecule has 0 saturated heterocycles. The number of carbonyl (C=O) groups excluding carboxylic acids is 1. The van der Waals surface area contributed by atoms with Gasteiger partial charge in [-0.25, -0.2) is 4.79 Å². The van der Waals surface area contributed by atoms with Crippen molar-refractivity contribution in [1.82, 2.24) is 10.6 Å². The number of carbonyl (C=O) groups is 1. The van der Waals surface area contributed by atoms with Gasteiger partial charge in [-0.1, -0.05) is 20.3 Å². The van der Waals surface area contributed by atoms with Gasteiger partial charge in [0.05, 0.1) is 0 Å². The summed E-state index contributed by atoms with van der Waals surface area (Å²) >= 11 is 0. The number of amides is 2. The molecule has 0 fully saturated rings. The summed E-state index contributed by atoms with van der Waals surface area (Å²) in [5.41, 5.74) is 0. The van der Waals surface area contributed by atoms with Crippen LogP contribution in [0.15, 0.2) is 0 Å². The third-order valence-electron chi connectivity index (χ3n) is 1.63. The maximum atomic E-state index is 11.1. The first-order valence-electron chi connectivity index (χ1n) is 4.75. The van der Waals surface area contributed by atoms with Crippen molar-refractivity contribution in [3.63, 3.8) is 0 Å². The van der Waals surface area contributed by atoms with Crippen LogP contribution < -0.4 is 10.6 Å². The molecule has 72 valence electrons. The smallest absolute Gasteiger partial charge is 0.314 e. The van der Waals surface area contributed by atoms with E-state index < -0.39 is 0 Å². The zero-order valence-corrected chi connectivity index (χ0v) is 8.31. The van der Waals surface area contributed by atoms with Gasteiger partial charge in [-0.3, -0.25) is 0 Å². The fraction of sp³-hybridized carbons (Fsp3) is 0.889. The van der Waals surface area contributed by atoms with Gasteiger partial charge in [-0.05, 0) is 19.8 Å². The van der Waals surface area contributed by atoms with E-state index in [1.54, 1.807) is 0 Å². The van der Waals surface area contributed by atoms with Gasteiger partial charge in [0, 0.05) is 12.6 Å². The summed E-state index contributed by atoms with van der Waals surface area (Å²) in [6.45, 7) is 6.93. The Morgan fingerprint density at radius 2 is 2.00 bits per heavy atom. The fourth-order valence-corrected chi connectivity index (χ4v) is 1.02. The Morgan fingerprint density at radius 3 is 2.50 bits per heavy atom. The van der Waals surface area contributed by atoms with Crippen LogP contribution in [0, 0.1) is 0 Å². The van der Waals surface area contributed by atoms with Crippen molar-refractivity contribution in [2.24, 2.45) is 0 Å². The van der Waals surface area contributed by atoms with Gasteiger partial charge in [-0.15, -0.1) is 0 Å². The zero-order chi connectivity index (χ0) is 9.40. The molecular formula is C9H20N2O. The molecule has 0 unspecified atom stereocenters. The Balaban J connectivity index is 3.40. The average Bonchev–Trinajstić information content (AvgIpc) is 2.01. The second-order valence-electron chi connectivity index (χ2n) is 3.09. The van der Waals surface area contributed by atoms with E-state index in [0.29, 0.717) is 0 Å². The maximum absolute atomic E-state index is 11.1. The summed E-state index contributed by atoms with van der Waals surface area (Å²) in [7, 11) is 0. The minimum atomic E-state index is -0.0437. The molecule has 0 spiro atoms. The van der Waals surface area contributed by atoms with Crippen LogP contribution in [-0.2, 0) is 0 Å². The van der Waals surface area contributed by atoms with Crippen LogP contribution in [0.2, 0.25) is 0 Å². The van der Waals surface area contributed by atoms with E-state index >= 15 is 0 Å². The first kappa shape index (κ1) is 11.3. The number of hydrogen-bond acceptors (Lipinski definition) is 1. The number of urea groups is 1. The number of rotatable bonds is 5. The summed E-state index contributed by atoms with van der Waals surface area (Å²) in [4.78, 5) is 11.1. The Bertz CT molecular complexity index is 126. The molecule has 3 heteroatoms. The molecule has 0 aromatic carbocycles. The monoisotopic (exact) mass is 172 g/mol. The van der Waals surface area contributed by atoms with Crippen molar-refractivity contribution in [2.45, 2.75) is 46.1 Å². The van der Waals surface area contributed by atoms with Gasteiger partial charge in [0.25, 0.3) is 0 Å². The lowest BCUT2D eigenvalue weighted by Gasteiger charge is -2.12. The highest BCUT2D eigenvalue weighted by Gasteiger charge is 2.03. The lowest BCUT2D eigenvalue weighted by molar-refractivity contribution is 0.237. The predicted molar refractivity (Wildman–Crippen MR) is 51.2 cm³/mol. The first-order chi connectivity index (χ1) is 5.70. The van der Waals surface area contributed by atoms with Crippen molar-refractivity contribution in [1.29, 1.82) is 0 Å². The van der Waals surface area contributed by atoms with Crippen LogP contribution in [-0.4, -0.2) is 18.6 Å². The fourth-order valence-electron chi connectivity index (χ4n) is 1.02. The second-order valence-corrected chi connectivity index (χ2v) is 3.09. The van der Waals surface area contributed by atoms with Gasteiger partial charge in [0.1, 0.15) is 0 Å². The molecule has 0 aliphatic rings. The summed E-state index contributed by atoms with van der Waals surface area (Å²) in [5, 5.41) is 5.64. The molecule has 0 heterocycles. The highest BCUT2D eigenvalue weighted by molar-refractivity contribution is 5.74. The summed E-state index contributed by atoms with van der Waals surface area (Å²) in [6, 6.07) is 0.240. The van der Waals surface area contributed by atoms with E-state index in [9.17, 15) is 4.79 Å². The molecule has 0 bridgehead atoms. The number of hydrogen-bond donors (Lipinski definition) is 2. The van der Waals surface area contributed by atoms with E-state index in [-0.39, 0.29) is 12.1 Å². The highest BCUT2D eigenvalue weighted by atomic mass is 16.2. The minimum absolute atomic E-state index is 0.0437. The molecule has 3 nitrogen and oxygen atoms in total. The van der Waals surface area contributed by atoms with Crippen LogP contribution in [0.25, 0.3) is 0 Å².